The van der Waals surface area contributed by atoms with E-state index < -0.39 is 0 Å². The molecule has 1 amide bonds. The molecule has 26 heavy (non-hydrogen) atoms. The number of hydrogen-bond donors (Lipinski definition) is 1. The van der Waals surface area contributed by atoms with Crippen LogP contribution in [0.3, 0.4) is 0 Å². The minimum Gasteiger partial charge on any atom is -0.497 e. The van der Waals surface area contributed by atoms with E-state index in [2.05, 4.69) is 15.2 Å². The first-order valence-corrected chi connectivity index (χ1v) is 9.16. The van der Waals surface area contributed by atoms with Crippen LogP contribution in [0.15, 0.2) is 42.5 Å². The molecular formula is C19H18FN3O2S. The third-order valence-electron chi connectivity index (χ3n) is 4.49. The Balaban J connectivity index is 1.33. The number of carbonyl (C=O) groups is 1. The zero-order valence-corrected chi connectivity index (χ0v) is 15.1. The normalized spacial score (nSPS) is 14.3. The number of rotatable bonds is 5. The number of nitrogens with one attached hydrogen (secondary N) is 1. The predicted molar refractivity (Wildman–Crippen MR) is 100 cm³/mol. The Hall–Kier alpha value is -2.67. The number of nitrogens with zero attached hydrogens (tertiary/aromatic N) is 2. The van der Waals surface area contributed by atoms with Crippen molar-refractivity contribution >= 4 is 32.6 Å². The molecule has 1 aliphatic rings. The predicted octanol–water partition coefficient (Wildman–Crippen LogP) is 3.20. The highest BCUT2D eigenvalue weighted by atomic mass is 32.1. The second-order valence-electron chi connectivity index (χ2n) is 6.28. The first-order chi connectivity index (χ1) is 12.6. The Morgan fingerprint density at radius 1 is 1.31 bits per heavy atom. The van der Waals surface area contributed by atoms with E-state index in [4.69, 9.17) is 4.74 Å². The van der Waals surface area contributed by atoms with Crippen LogP contribution >= 0.6 is 11.3 Å². The van der Waals surface area contributed by atoms with E-state index in [1.165, 1.54) is 12.1 Å². The maximum atomic E-state index is 12.9. The van der Waals surface area contributed by atoms with Crippen LogP contribution < -0.4 is 15.0 Å². The minimum atomic E-state index is -0.275. The molecule has 4 rings (SSSR count). The van der Waals surface area contributed by atoms with Gasteiger partial charge in [-0.1, -0.05) is 23.5 Å². The van der Waals surface area contributed by atoms with Gasteiger partial charge < -0.3 is 15.0 Å². The first-order valence-electron chi connectivity index (χ1n) is 8.34. The first kappa shape index (κ1) is 16.8. The Morgan fingerprint density at radius 3 is 2.81 bits per heavy atom. The highest BCUT2D eigenvalue weighted by Gasteiger charge is 2.34. The van der Waals surface area contributed by atoms with Gasteiger partial charge in [0.2, 0.25) is 5.91 Å². The lowest BCUT2D eigenvalue weighted by Gasteiger charge is -2.37. The lowest BCUT2D eigenvalue weighted by atomic mass is 10.00. The number of aromatic nitrogens is 1. The molecule has 1 saturated heterocycles. The number of thiazole rings is 1. The molecule has 0 unspecified atom stereocenters. The summed E-state index contributed by atoms with van der Waals surface area (Å²) >= 11 is 1.62. The number of amides is 1. The molecule has 3 aromatic rings. The van der Waals surface area contributed by atoms with Crippen LogP contribution in [0.4, 0.5) is 9.52 Å². The van der Waals surface area contributed by atoms with Crippen molar-refractivity contribution in [2.45, 2.75) is 6.54 Å². The third kappa shape index (κ3) is 3.35. The molecule has 1 aliphatic heterocycles. The molecule has 2 heterocycles. The van der Waals surface area contributed by atoms with Crippen molar-refractivity contribution in [2.75, 3.05) is 25.1 Å². The van der Waals surface area contributed by atoms with Crippen LogP contribution in [0.25, 0.3) is 10.2 Å². The molecule has 2 aromatic carbocycles. The molecule has 1 N–H and O–H groups in total. The summed E-state index contributed by atoms with van der Waals surface area (Å²) in [6.45, 7) is 1.73. The van der Waals surface area contributed by atoms with Gasteiger partial charge in [-0.3, -0.25) is 4.79 Å². The van der Waals surface area contributed by atoms with Crippen LogP contribution in [0, 0.1) is 11.7 Å². The molecule has 7 heteroatoms. The highest BCUT2D eigenvalue weighted by molar-refractivity contribution is 7.22. The van der Waals surface area contributed by atoms with E-state index in [1.54, 1.807) is 30.6 Å². The van der Waals surface area contributed by atoms with E-state index >= 15 is 0 Å². The third-order valence-corrected chi connectivity index (χ3v) is 5.58. The molecule has 0 radical (unpaired) electrons. The van der Waals surface area contributed by atoms with E-state index in [0.717, 1.165) is 26.7 Å². The largest absolute Gasteiger partial charge is 0.497 e. The van der Waals surface area contributed by atoms with Gasteiger partial charge in [0, 0.05) is 25.7 Å². The molecule has 134 valence electrons. The summed E-state index contributed by atoms with van der Waals surface area (Å²) in [6.07, 6.45) is 0. The van der Waals surface area contributed by atoms with Gasteiger partial charge >= 0.3 is 0 Å². The molecular weight excluding hydrogens is 353 g/mol. The van der Waals surface area contributed by atoms with E-state index in [-0.39, 0.29) is 17.6 Å². The standard InChI is InChI=1S/C19H18FN3O2S/c1-25-15-6-7-17-16(8-15)22-19(26-17)23-10-13(11-23)18(24)21-9-12-2-4-14(20)5-3-12/h2-8,13H,9-11H2,1H3,(H,21,24). The van der Waals surface area contributed by atoms with Gasteiger partial charge in [-0.15, -0.1) is 0 Å². The average Bonchev–Trinajstić information content (AvgIpc) is 3.02. The van der Waals surface area contributed by atoms with Gasteiger partial charge in [-0.05, 0) is 29.8 Å². The van der Waals surface area contributed by atoms with Crippen LogP contribution in [0.1, 0.15) is 5.56 Å². The van der Waals surface area contributed by atoms with Crippen molar-refractivity contribution < 1.29 is 13.9 Å². The van der Waals surface area contributed by atoms with Crippen molar-refractivity contribution in [1.29, 1.82) is 0 Å². The van der Waals surface area contributed by atoms with Gasteiger partial charge in [0.25, 0.3) is 0 Å². The second-order valence-corrected chi connectivity index (χ2v) is 7.29. The van der Waals surface area contributed by atoms with E-state index in [1.807, 2.05) is 18.2 Å². The second kappa shape index (κ2) is 6.92. The van der Waals surface area contributed by atoms with Gasteiger partial charge in [0.15, 0.2) is 5.13 Å². The Labute approximate surface area is 154 Å². The maximum Gasteiger partial charge on any atom is 0.226 e. The zero-order valence-electron chi connectivity index (χ0n) is 14.2. The number of halogens is 1. The summed E-state index contributed by atoms with van der Waals surface area (Å²) in [5.74, 6) is 0.490. The summed E-state index contributed by atoms with van der Waals surface area (Å²) in [5.41, 5.74) is 1.80. The van der Waals surface area contributed by atoms with Crippen molar-refractivity contribution in [3.8, 4) is 5.75 Å². The Bertz CT molecular complexity index is 936. The molecule has 1 fully saturated rings. The topological polar surface area (TPSA) is 54.5 Å². The van der Waals surface area contributed by atoms with Crippen LogP contribution in [0.5, 0.6) is 5.75 Å². The average molecular weight is 371 g/mol. The van der Waals surface area contributed by atoms with Crippen LogP contribution in [0.2, 0.25) is 0 Å². The number of ether oxygens (including phenoxy) is 1. The minimum absolute atomic E-state index is 0.0216. The van der Waals surface area contributed by atoms with Gasteiger partial charge in [0.05, 0.1) is 23.2 Å². The summed E-state index contributed by atoms with van der Waals surface area (Å²) in [7, 11) is 1.64. The molecule has 1 aromatic heterocycles. The number of fused-ring (bicyclic) bond motifs is 1. The number of benzene rings is 2. The smallest absolute Gasteiger partial charge is 0.226 e. The molecule has 5 nitrogen and oxygen atoms in total. The van der Waals surface area contributed by atoms with Gasteiger partial charge in [-0.25, -0.2) is 9.37 Å². The quantitative estimate of drug-likeness (QED) is 0.748. The highest BCUT2D eigenvalue weighted by Crippen LogP contribution is 2.34. The fourth-order valence-electron chi connectivity index (χ4n) is 2.89. The summed E-state index contributed by atoms with van der Waals surface area (Å²) in [4.78, 5) is 19.0. The number of anilines is 1. The monoisotopic (exact) mass is 371 g/mol. The van der Waals surface area contributed by atoms with Crippen molar-refractivity contribution in [2.24, 2.45) is 5.92 Å². The van der Waals surface area contributed by atoms with Crippen molar-refractivity contribution in [3.05, 3.63) is 53.8 Å². The fourth-order valence-corrected chi connectivity index (χ4v) is 3.86. The van der Waals surface area contributed by atoms with Crippen LogP contribution in [-0.4, -0.2) is 31.1 Å². The molecule has 0 bridgehead atoms. The van der Waals surface area contributed by atoms with Gasteiger partial charge in [0.1, 0.15) is 11.6 Å². The van der Waals surface area contributed by atoms with Crippen molar-refractivity contribution in [1.82, 2.24) is 10.3 Å². The number of carbonyl (C=O) groups excluding carboxylic acids is 1. The van der Waals surface area contributed by atoms with Crippen LogP contribution in [-0.2, 0) is 11.3 Å². The molecule has 0 aliphatic carbocycles. The Kier molecular flexibility index (Phi) is 4.46. The fraction of sp³-hybridized carbons (Fsp3) is 0.263. The van der Waals surface area contributed by atoms with E-state index in [0.29, 0.717) is 19.6 Å². The summed E-state index contributed by atoms with van der Waals surface area (Å²) in [6, 6.07) is 12.0. The number of hydrogen-bond acceptors (Lipinski definition) is 5. The molecule has 0 spiro atoms. The SMILES string of the molecule is COc1ccc2sc(N3CC(C(=O)NCc4ccc(F)cc4)C3)nc2c1. The lowest BCUT2D eigenvalue weighted by Crippen LogP contribution is -2.53. The summed E-state index contributed by atoms with van der Waals surface area (Å²) in [5, 5.41) is 3.84. The Morgan fingerprint density at radius 2 is 2.08 bits per heavy atom. The number of methoxy groups -OCH3 is 1. The van der Waals surface area contributed by atoms with Gasteiger partial charge in [-0.2, -0.15) is 0 Å². The summed E-state index contributed by atoms with van der Waals surface area (Å²) < 4.78 is 19.2. The molecule has 0 atom stereocenters. The molecule has 0 saturated carbocycles. The van der Waals surface area contributed by atoms with Crippen molar-refractivity contribution in [3.63, 3.8) is 0 Å². The zero-order chi connectivity index (χ0) is 18.1. The maximum absolute atomic E-state index is 12.9. The lowest BCUT2D eigenvalue weighted by molar-refractivity contribution is -0.125. The van der Waals surface area contributed by atoms with E-state index in [9.17, 15) is 9.18 Å².